The molecule has 0 spiro atoms. The van der Waals surface area contributed by atoms with Crippen molar-refractivity contribution in [2.45, 2.75) is 0 Å². The van der Waals surface area contributed by atoms with E-state index in [2.05, 4.69) is 48.5 Å². The van der Waals surface area contributed by atoms with E-state index in [-0.39, 0.29) is 0 Å². The Morgan fingerprint density at radius 1 is 0.528 bits per heavy atom. The standard InChI is InChI=1S/C14H8S2.C12F4N4/c1-3-7-11-9(5-1)13-14(15-11)10-6-2-4-8-12(10)16-13;13-9-7(5(1-17)2-18)10(14)12(16)8(11(9)15)6(3-19)4-20/h1-8H;. The molecule has 4 nitrogen and oxygen atoms in total. The fourth-order valence-corrected chi connectivity index (χ4v) is 6.15. The Morgan fingerprint density at radius 2 is 0.833 bits per heavy atom. The van der Waals surface area contributed by atoms with E-state index in [4.69, 9.17) is 21.0 Å². The largest absolute Gasteiger partial charge is 0.203 e. The van der Waals surface area contributed by atoms with E-state index < -0.39 is 44.9 Å². The van der Waals surface area contributed by atoms with Gasteiger partial charge in [-0.25, -0.2) is 17.6 Å². The van der Waals surface area contributed by atoms with Crippen LogP contribution in [0, 0.1) is 68.6 Å². The van der Waals surface area contributed by atoms with E-state index in [1.54, 1.807) is 0 Å². The van der Waals surface area contributed by atoms with E-state index in [0.29, 0.717) is 0 Å². The Morgan fingerprint density at radius 3 is 1.14 bits per heavy atom. The van der Waals surface area contributed by atoms with Crippen LogP contribution in [0.1, 0.15) is 0 Å². The van der Waals surface area contributed by atoms with Gasteiger partial charge in [-0.3, -0.25) is 0 Å². The summed E-state index contributed by atoms with van der Waals surface area (Å²) in [6, 6.07) is 21.7. The second-order valence-electron chi connectivity index (χ2n) is 7.06. The lowest BCUT2D eigenvalue weighted by Gasteiger charge is -2.01. The van der Waals surface area contributed by atoms with Crippen LogP contribution < -0.4 is 10.4 Å². The summed E-state index contributed by atoms with van der Waals surface area (Å²) in [7, 11) is 0. The smallest absolute Gasteiger partial charge is 0.171 e. The van der Waals surface area contributed by atoms with Gasteiger partial charge < -0.3 is 0 Å². The number of benzene rings is 3. The number of nitrogens with zero attached hydrogens (tertiary/aromatic N) is 4. The molecule has 2 heterocycles. The van der Waals surface area contributed by atoms with Crippen LogP contribution in [0.3, 0.4) is 0 Å². The highest BCUT2D eigenvalue weighted by atomic mass is 32.1. The molecule has 2 aromatic heterocycles. The predicted molar refractivity (Wildman–Crippen MR) is 130 cm³/mol. The molecule has 0 aliphatic heterocycles. The van der Waals surface area contributed by atoms with Gasteiger partial charge in [-0.2, -0.15) is 21.0 Å². The van der Waals surface area contributed by atoms with Crippen molar-refractivity contribution in [2.24, 2.45) is 0 Å². The van der Waals surface area contributed by atoms with Crippen LogP contribution in [0.4, 0.5) is 17.6 Å². The number of nitriles is 4. The third-order valence-corrected chi connectivity index (χ3v) is 7.64. The van der Waals surface area contributed by atoms with Crippen LogP contribution in [-0.4, -0.2) is 0 Å². The highest BCUT2D eigenvalue weighted by Gasteiger charge is 2.22. The predicted octanol–water partition coefficient (Wildman–Crippen LogP) is 5.91. The van der Waals surface area contributed by atoms with E-state index in [0.717, 1.165) is 24.3 Å². The maximum Gasteiger partial charge on any atom is 0.171 e. The van der Waals surface area contributed by atoms with Crippen molar-refractivity contribution < 1.29 is 17.6 Å². The lowest BCUT2D eigenvalue weighted by molar-refractivity contribution is 0.434. The average molecular weight is 517 g/mol. The molecule has 10 heteroatoms. The number of thiophene rings is 2. The van der Waals surface area contributed by atoms with Crippen LogP contribution in [0.5, 0.6) is 0 Å². The van der Waals surface area contributed by atoms with Crippen molar-refractivity contribution in [3.63, 3.8) is 0 Å². The normalized spacial score (nSPS) is 10.1. The Balaban J connectivity index is 0.000000172. The number of hydrogen-bond donors (Lipinski definition) is 0. The fourth-order valence-electron chi connectivity index (χ4n) is 3.50. The van der Waals surface area contributed by atoms with E-state index in [1.807, 2.05) is 22.7 Å². The molecule has 0 saturated heterocycles. The lowest BCUT2D eigenvalue weighted by Crippen LogP contribution is -2.31. The van der Waals surface area contributed by atoms with Crippen molar-refractivity contribution in [1.29, 1.82) is 21.0 Å². The number of rotatable bonds is 0. The van der Waals surface area contributed by atoms with Gasteiger partial charge in [-0.05, 0) is 12.1 Å². The Hall–Kier alpha value is -4.74. The summed E-state index contributed by atoms with van der Waals surface area (Å²) in [6.45, 7) is 0. The Labute approximate surface area is 208 Å². The van der Waals surface area contributed by atoms with Gasteiger partial charge in [0.25, 0.3) is 0 Å². The first kappa shape index (κ1) is 24.4. The first-order valence-electron chi connectivity index (χ1n) is 9.87. The molecule has 0 aliphatic rings. The zero-order valence-corrected chi connectivity index (χ0v) is 19.4. The maximum atomic E-state index is 13.6. The summed E-state index contributed by atoms with van der Waals surface area (Å²) in [5.74, 6) is -8.11. The topological polar surface area (TPSA) is 95.2 Å². The van der Waals surface area contributed by atoms with Gasteiger partial charge in [0, 0.05) is 20.2 Å². The van der Waals surface area contributed by atoms with Gasteiger partial charge >= 0.3 is 0 Å². The minimum atomic E-state index is -2.03. The van der Waals surface area contributed by atoms with Crippen molar-refractivity contribution in [1.82, 2.24) is 0 Å². The van der Waals surface area contributed by atoms with Crippen LogP contribution >= 0.6 is 22.7 Å². The molecule has 5 aromatic rings. The van der Waals surface area contributed by atoms with Crippen molar-refractivity contribution >= 4 is 63.4 Å². The summed E-state index contributed by atoms with van der Waals surface area (Å²) in [5.41, 5.74) is -2.36. The van der Waals surface area contributed by atoms with Gasteiger partial charge in [0.05, 0.1) is 19.8 Å². The molecule has 0 bridgehead atoms. The highest BCUT2D eigenvalue weighted by molar-refractivity contribution is 7.36. The molecule has 0 aliphatic carbocycles. The van der Waals surface area contributed by atoms with Gasteiger partial charge in [0.1, 0.15) is 35.4 Å². The molecular weight excluding hydrogens is 508 g/mol. The summed E-state index contributed by atoms with van der Waals surface area (Å²) in [4.78, 5) is 0. The van der Waals surface area contributed by atoms with E-state index >= 15 is 0 Å². The van der Waals surface area contributed by atoms with Gasteiger partial charge in [0.15, 0.2) is 23.3 Å². The second-order valence-corrected chi connectivity index (χ2v) is 9.16. The van der Waals surface area contributed by atoms with Crippen molar-refractivity contribution in [3.8, 4) is 24.3 Å². The zero-order chi connectivity index (χ0) is 26.0. The SMILES string of the molecule is N#CC(C#N)=c1c(F)c(F)c(=C(C#N)C#N)c(F)c1F.c1ccc2c(c1)sc1c3ccccc3sc21. The van der Waals surface area contributed by atoms with Crippen LogP contribution in [0.2, 0.25) is 0 Å². The average Bonchev–Trinajstić information content (AvgIpc) is 3.44. The van der Waals surface area contributed by atoms with Gasteiger partial charge in [-0.15, -0.1) is 22.7 Å². The molecule has 36 heavy (non-hydrogen) atoms. The molecule has 0 saturated carbocycles. The maximum absolute atomic E-state index is 13.6. The summed E-state index contributed by atoms with van der Waals surface area (Å²) in [5, 5.41) is 33.8. The second kappa shape index (κ2) is 9.86. The summed E-state index contributed by atoms with van der Waals surface area (Å²) in [6.07, 6.45) is 0. The van der Waals surface area contributed by atoms with Crippen LogP contribution in [0.15, 0.2) is 48.5 Å². The third kappa shape index (κ3) is 3.91. The molecule has 172 valence electrons. The first-order valence-corrected chi connectivity index (χ1v) is 11.5. The highest BCUT2D eigenvalue weighted by Crippen LogP contribution is 2.43. The molecule has 0 radical (unpaired) electrons. The molecule has 0 N–H and O–H groups in total. The molecule has 0 unspecified atom stereocenters. The summed E-state index contributed by atoms with van der Waals surface area (Å²) >= 11 is 3.82. The monoisotopic (exact) mass is 516 g/mol. The lowest BCUT2D eigenvalue weighted by atomic mass is 10.1. The van der Waals surface area contributed by atoms with Crippen molar-refractivity contribution in [2.75, 3.05) is 0 Å². The minimum absolute atomic E-state index is 1.09. The van der Waals surface area contributed by atoms with Crippen LogP contribution in [-0.2, 0) is 0 Å². The molecule has 5 rings (SSSR count). The molecule has 0 amide bonds. The summed E-state index contributed by atoms with van der Waals surface area (Å²) < 4.78 is 60.2. The fraction of sp³-hybridized carbons (Fsp3) is 0. The number of hydrogen-bond acceptors (Lipinski definition) is 6. The Bertz CT molecular complexity index is 1780. The molecular formula is C26H8F4N4S2. The van der Waals surface area contributed by atoms with E-state index in [9.17, 15) is 17.6 Å². The minimum Gasteiger partial charge on any atom is -0.203 e. The van der Waals surface area contributed by atoms with Gasteiger partial charge in [0.2, 0.25) is 0 Å². The third-order valence-electron chi connectivity index (χ3n) is 5.10. The van der Waals surface area contributed by atoms with Crippen molar-refractivity contribution in [3.05, 3.63) is 82.2 Å². The van der Waals surface area contributed by atoms with E-state index in [1.165, 1.54) is 29.6 Å². The number of halogens is 4. The molecule has 0 atom stereocenters. The zero-order valence-electron chi connectivity index (χ0n) is 17.7. The molecule has 0 fully saturated rings. The number of fused-ring (bicyclic) bond motifs is 5. The van der Waals surface area contributed by atoms with Crippen LogP contribution in [0.25, 0.3) is 40.7 Å². The molecule has 3 aromatic carbocycles. The van der Waals surface area contributed by atoms with Gasteiger partial charge in [-0.1, -0.05) is 36.4 Å². The quantitative estimate of drug-likeness (QED) is 0.189. The first-order chi connectivity index (χ1) is 17.4. The Kier molecular flexibility index (Phi) is 6.68.